The molecule has 0 fully saturated rings. The van der Waals surface area contributed by atoms with Crippen LogP contribution in [0.2, 0.25) is 0 Å². The minimum absolute atomic E-state index is 0.129. The van der Waals surface area contributed by atoms with Gasteiger partial charge in [-0.05, 0) is 33.8 Å². The standard InChI is InChI=1S/C14H16F2N4O/c1-7(2)20-9(4)12(8(3)19-20)18-14(21)10-5-6-17-13(16)11(10)15/h5-7H,1-4H3,(H,18,21). The van der Waals surface area contributed by atoms with E-state index in [-0.39, 0.29) is 6.04 Å². The average molecular weight is 294 g/mol. The van der Waals surface area contributed by atoms with Crippen LogP contribution >= 0.6 is 0 Å². The summed E-state index contributed by atoms with van der Waals surface area (Å²) in [4.78, 5) is 15.2. The number of rotatable bonds is 3. The van der Waals surface area contributed by atoms with Crippen LogP contribution in [0.5, 0.6) is 0 Å². The third-order valence-corrected chi connectivity index (χ3v) is 3.14. The number of aryl methyl sites for hydroxylation is 1. The molecule has 0 saturated carbocycles. The van der Waals surface area contributed by atoms with Crippen molar-refractivity contribution in [2.24, 2.45) is 0 Å². The summed E-state index contributed by atoms with van der Waals surface area (Å²) < 4.78 is 28.4. The molecule has 5 nitrogen and oxygen atoms in total. The van der Waals surface area contributed by atoms with Crippen LogP contribution in [-0.4, -0.2) is 20.7 Å². The lowest BCUT2D eigenvalue weighted by Crippen LogP contribution is -2.16. The van der Waals surface area contributed by atoms with Crippen LogP contribution < -0.4 is 5.32 Å². The lowest BCUT2D eigenvalue weighted by Gasteiger charge is -2.09. The summed E-state index contributed by atoms with van der Waals surface area (Å²) >= 11 is 0. The predicted molar refractivity (Wildman–Crippen MR) is 74.2 cm³/mol. The number of hydrogen-bond donors (Lipinski definition) is 1. The van der Waals surface area contributed by atoms with Crippen LogP contribution in [0.25, 0.3) is 0 Å². The highest BCUT2D eigenvalue weighted by molar-refractivity contribution is 6.05. The Kier molecular flexibility index (Phi) is 4.02. The molecule has 2 rings (SSSR count). The number of nitrogens with zero attached hydrogens (tertiary/aromatic N) is 3. The summed E-state index contributed by atoms with van der Waals surface area (Å²) in [5.74, 6) is -3.29. The highest BCUT2D eigenvalue weighted by Gasteiger charge is 2.20. The zero-order valence-corrected chi connectivity index (χ0v) is 12.2. The van der Waals surface area contributed by atoms with Gasteiger partial charge in [-0.2, -0.15) is 9.49 Å². The third kappa shape index (κ3) is 2.76. The molecule has 7 heteroatoms. The molecule has 21 heavy (non-hydrogen) atoms. The van der Waals surface area contributed by atoms with E-state index in [0.717, 1.165) is 18.0 Å². The molecule has 0 aromatic carbocycles. The molecule has 2 aromatic rings. The van der Waals surface area contributed by atoms with E-state index in [1.165, 1.54) is 0 Å². The van der Waals surface area contributed by atoms with Gasteiger partial charge in [-0.3, -0.25) is 9.48 Å². The minimum Gasteiger partial charge on any atom is -0.319 e. The summed E-state index contributed by atoms with van der Waals surface area (Å²) in [6.07, 6.45) is 1.05. The first-order chi connectivity index (χ1) is 9.82. The van der Waals surface area contributed by atoms with E-state index in [1.807, 2.05) is 13.8 Å². The second kappa shape index (κ2) is 5.59. The van der Waals surface area contributed by atoms with Gasteiger partial charge in [0.15, 0.2) is 5.82 Å². The molecule has 0 radical (unpaired) electrons. The molecule has 0 aliphatic heterocycles. The number of halogens is 2. The zero-order chi connectivity index (χ0) is 15.7. The van der Waals surface area contributed by atoms with E-state index in [9.17, 15) is 13.6 Å². The summed E-state index contributed by atoms with van der Waals surface area (Å²) in [6.45, 7) is 7.47. The van der Waals surface area contributed by atoms with Gasteiger partial charge in [0.25, 0.3) is 5.91 Å². The molecule has 0 bridgehead atoms. The van der Waals surface area contributed by atoms with Crippen molar-refractivity contribution in [3.05, 3.63) is 41.0 Å². The average Bonchev–Trinajstić information content (AvgIpc) is 2.70. The fraction of sp³-hybridized carbons (Fsp3) is 0.357. The van der Waals surface area contributed by atoms with Crippen molar-refractivity contribution in [1.29, 1.82) is 0 Å². The Labute approximate surface area is 121 Å². The number of pyridine rings is 1. The van der Waals surface area contributed by atoms with Crippen molar-refractivity contribution >= 4 is 11.6 Å². The smallest absolute Gasteiger partial charge is 0.258 e. The van der Waals surface area contributed by atoms with Gasteiger partial charge in [0.05, 0.1) is 22.6 Å². The lowest BCUT2D eigenvalue weighted by atomic mass is 10.2. The molecule has 2 heterocycles. The Morgan fingerprint density at radius 2 is 2.00 bits per heavy atom. The van der Waals surface area contributed by atoms with E-state index in [0.29, 0.717) is 11.4 Å². The number of aromatic nitrogens is 3. The minimum atomic E-state index is -1.30. The van der Waals surface area contributed by atoms with Crippen LogP contribution in [0.1, 0.15) is 41.6 Å². The first-order valence-corrected chi connectivity index (χ1v) is 6.50. The molecule has 0 saturated heterocycles. The SMILES string of the molecule is Cc1nn(C(C)C)c(C)c1NC(=O)c1ccnc(F)c1F. The summed E-state index contributed by atoms with van der Waals surface area (Å²) in [6, 6.07) is 1.26. The Bertz CT molecular complexity index is 695. The maximum Gasteiger partial charge on any atom is 0.258 e. The fourth-order valence-corrected chi connectivity index (χ4v) is 2.12. The van der Waals surface area contributed by atoms with Gasteiger partial charge >= 0.3 is 0 Å². The van der Waals surface area contributed by atoms with Crippen molar-refractivity contribution in [3.8, 4) is 0 Å². The Balaban J connectivity index is 2.34. The summed E-state index contributed by atoms with van der Waals surface area (Å²) in [5.41, 5.74) is 1.49. The van der Waals surface area contributed by atoms with Crippen molar-refractivity contribution in [1.82, 2.24) is 14.8 Å². The molecule has 0 unspecified atom stereocenters. The molecular formula is C14H16F2N4O. The van der Waals surface area contributed by atoms with Crippen LogP contribution in [0, 0.1) is 25.6 Å². The molecule has 2 aromatic heterocycles. The second-order valence-corrected chi connectivity index (χ2v) is 5.00. The monoisotopic (exact) mass is 294 g/mol. The first kappa shape index (κ1) is 15.1. The van der Waals surface area contributed by atoms with Gasteiger partial charge in [0.1, 0.15) is 0 Å². The lowest BCUT2D eigenvalue weighted by molar-refractivity contribution is 0.102. The zero-order valence-electron chi connectivity index (χ0n) is 12.2. The molecule has 0 aliphatic rings. The summed E-state index contributed by atoms with van der Waals surface area (Å²) in [7, 11) is 0. The van der Waals surface area contributed by atoms with Crippen molar-refractivity contribution in [3.63, 3.8) is 0 Å². The van der Waals surface area contributed by atoms with E-state index < -0.39 is 23.2 Å². The van der Waals surface area contributed by atoms with E-state index in [4.69, 9.17) is 0 Å². The number of amides is 1. The topological polar surface area (TPSA) is 59.8 Å². The third-order valence-electron chi connectivity index (χ3n) is 3.14. The number of carbonyl (C=O) groups is 1. The summed E-state index contributed by atoms with van der Waals surface area (Å²) in [5, 5.41) is 6.90. The van der Waals surface area contributed by atoms with Crippen LogP contribution in [0.15, 0.2) is 12.3 Å². The molecular weight excluding hydrogens is 278 g/mol. The second-order valence-electron chi connectivity index (χ2n) is 5.00. The van der Waals surface area contributed by atoms with Gasteiger partial charge in [0.2, 0.25) is 5.95 Å². The maximum absolute atomic E-state index is 13.6. The van der Waals surface area contributed by atoms with Crippen LogP contribution in [0.3, 0.4) is 0 Å². The largest absolute Gasteiger partial charge is 0.319 e. The number of carbonyl (C=O) groups excluding carboxylic acids is 1. The molecule has 1 N–H and O–H groups in total. The number of anilines is 1. The molecule has 112 valence electrons. The van der Waals surface area contributed by atoms with Gasteiger partial charge in [-0.15, -0.1) is 0 Å². The Hall–Kier alpha value is -2.31. The number of nitrogens with one attached hydrogen (secondary N) is 1. The molecule has 0 atom stereocenters. The van der Waals surface area contributed by atoms with Crippen LogP contribution in [0.4, 0.5) is 14.5 Å². The molecule has 1 amide bonds. The normalized spacial score (nSPS) is 11.0. The highest BCUT2D eigenvalue weighted by Crippen LogP contribution is 2.23. The Morgan fingerprint density at radius 3 is 2.57 bits per heavy atom. The molecule has 0 aliphatic carbocycles. The predicted octanol–water partition coefficient (Wildman–Crippen LogP) is 3.01. The van der Waals surface area contributed by atoms with E-state index in [1.54, 1.807) is 18.5 Å². The maximum atomic E-state index is 13.6. The quantitative estimate of drug-likeness (QED) is 0.885. The van der Waals surface area contributed by atoms with Gasteiger partial charge < -0.3 is 5.32 Å². The van der Waals surface area contributed by atoms with E-state index >= 15 is 0 Å². The number of hydrogen-bond acceptors (Lipinski definition) is 3. The van der Waals surface area contributed by atoms with Crippen molar-refractivity contribution in [2.45, 2.75) is 33.7 Å². The molecule has 0 spiro atoms. The van der Waals surface area contributed by atoms with E-state index in [2.05, 4.69) is 15.4 Å². The van der Waals surface area contributed by atoms with Gasteiger partial charge in [0, 0.05) is 12.2 Å². The van der Waals surface area contributed by atoms with Crippen LogP contribution in [-0.2, 0) is 0 Å². The van der Waals surface area contributed by atoms with Crippen molar-refractivity contribution in [2.75, 3.05) is 5.32 Å². The first-order valence-electron chi connectivity index (χ1n) is 6.50. The van der Waals surface area contributed by atoms with Gasteiger partial charge in [-0.1, -0.05) is 0 Å². The van der Waals surface area contributed by atoms with Crippen molar-refractivity contribution < 1.29 is 13.6 Å². The highest BCUT2D eigenvalue weighted by atomic mass is 19.2. The Morgan fingerprint density at radius 1 is 1.33 bits per heavy atom. The fourth-order valence-electron chi connectivity index (χ4n) is 2.12. The van der Waals surface area contributed by atoms with Gasteiger partial charge in [-0.25, -0.2) is 9.37 Å².